The zero-order chi connectivity index (χ0) is 31.1. The fraction of sp³-hybridized carbons (Fsp3) is 0.344. The van der Waals surface area contributed by atoms with Gasteiger partial charge in [-0.2, -0.15) is 0 Å². The van der Waals surface area contributed by atoms with Crippen molar-refractivity contribution in [3.63, 3.8) is 0 Å². The molecule has 1 aliphatic rings. The van der Waals surface area contributed by atoms with Crippen molar-refractivity contribution in [2.75, 3.05) is 33.9 Å². The zero-order valence-electron chi connectivity index (χ0n) is 25.0. The number of amides is 2. The van der Waals surface area contributed by atoms with Crippen LogP contribution in [0.5, 0.6) is 11.6 Å². The smallest absolute Gasteiger partial charge is 0.410 e. The molecule has 2 amide bonds. The molecule has 0 spiro atoms. The molecule has 1 aliphatic heterocycles. The molecule has 0 bridgehead atoms. The van der Waals surface area contributed by atoms with Crippen LogP contribution >= 0.6 is 0 Å². The van der Waals surface area contributed by atoms with Gasteiger partial charge in [-0.05, 0) is 69.7 Å². The van der Waals surface area contributed by atoms with Crippen LogP contribution in [0.15, 0.2) is 54.6 Å². The van der Waals surface area contributed by atoms with E-state index in [2.05, 4.69) is 0 Å². The van der Waals surface area contributed by atoms with Crippen LogP contribution in [0.4, 0.5) is 13.6 Å². The number of fused-ring (bicyclic) bond motifs is 2. The number of likely N-dealkylation sites (N-methyl/N-ethyl adjacent to an activating group) is 1. The van der Waals surface area contributed by atoms with Crippen LogP contribution in [0.25, 0.3) is 16.9 Å². The first kappa shape index (κ1) is 29.8. The molecule has 4 aromatic rings. The van der Waals surface area contributed by atoms with Crippen molar-refractivity contribution >= 4 is 17.6 Å². The molecule has 0 N–H and O–H groups in total. The number of pyridine rings is 1. The van der Waals surface area contributed by atoms with Crippen LogP contribution in [0.3, 0.4) is 0 Å². The Balaban J connectivity index is 1.61. The Kier molecular flexibility index (Phi) is 8.00. The molecule has 1 unspecified atom stereocenters. The molecular formula is C32H34F2N4O5. The number of imidazole rings is 1. The molecule has 5 rings (SSSR count). The Bertz CT molecular complexity index is 1700. The normalized spacial score (nSPS) is 14.3. The third-order valence-corrected chi connectivity index (χ3v) is 7.20. The molecular weight excluding hydrogens is 558 g/mol. The first-order valence-electron chi connectivity index (χ1n) is 13.9. The zero-order valence-corrected chi connectivity index (χ0v) is 25.0. The van der Waals surface area contributed by atoms with Crippen molar-refractivity contribution in [3.8, 4) is 22.9 Å². The summed E-state index contributed by atoms with van der Waals surface area (Å²) in [5.41, 5.74) is 1.88. The fourth-order valence-corrected chi connectivity index (χ4v) is 5.08. The number of aryl methyl sites for hydroxylation is 1. The summed E-state index contributed by atoms with van der Waals surface area (Å²) in [5, 5.41) is 0. The molecule has 0 saturated heterocycles. The number of benzene rings is 2. The Morgan fingerprint density at radius 1 is 1.09 bits per heavy atom. The van der Waals surface area contributed by atoms with Crippen molar-refractivity contribution in [1.82, 2.24) is 19.2 Å². The van der Waals surface area contributed by atoms with E-state index in [4.69, 9.17) is 19.2 Å². The average molecular weight is 593 g/mol. The molecule has 2 aromatic heterocycles. The van der Waals surface area contributed by atoms with Gasteiger partial charge in [0.25, 0.3) is 5.91 Å². The average Bonchev–Trinajstić information content (AvgIpc) is 3.55. The van der Waals surface area contributed by atoms with Gasteiger partial charge in [0.15, 0.2) is 11.6 Å². The second-order valence-electron chi connectivity index (χ2n) is 11.4. The van der Waals surface area contributed by atoms with E-state index in [0.717, 1.165) is 0 Å². The highest BCUT2D eigenvalue weighted by atomic mass is 19.1. The Morgan fingerprint density at radius 2 is 1.86 bits per heavy atom. The molecule has 3 heterocycles. The number of rotatable bonds is 7. The lowest BCUT2D eigenvalue weighted by Gasteiger charge is -2.31. The third kappa shape index (κ3) is 5.97. The maximum Gasteiger partial charge on any atom is 0.410 e. The van der Waals surface area contributed by atoms with Gasteiger partial charge in [0.1, 0.15) is 35.2 Å². The summed E-state index contributed by atoms with van der Waals surface area (Å²) in [7, 11) is 3.11. The van der Waals surface area contributed by atoms with Crippen molar-refractivity contribution in [1.29, 1.82) is 0 Å². The van der Waals surface area contributed by atoms with Gasteiger partial charge in [0, 0.05) is 37.3 Å². The number of carbonyl (C=O) groups is 2. The molecule has 9 nitrogen and oxygen atoms in total. The second kappa shape index (κ2) is 11.5. The number of aromatic nitrogens is 2. The first-order chi connectivity index (χ1) is 20.4. The predicted molar refractivity (Wildman–Crippen MR) is 156 cm³/mol. The lowest BCUT2D eigenvalue weighted by atomic mass is 10.0. The molecule has 0 radical (unpaired) electrons. The summed E-state index contributed by atoms with van der Waals surface area (Å²) in [6.07, 6.45) is -0.537. The molecule has 11 heteroatoms. The summed E-state index contributed by atoms with van der Waals surface area (Å²) in [6, 6.07) is 13.4. The minimum Gasteiger partial charge on any atom is -0.491 e. The number of hydrogen-bond acceptors (Lipinski definition) is 6. The van der Waals surface area contributed by atoms with E-state index in [1.807, 2.05) is 0 Å². The van der Waals surface area contributed by atoms with Crippen molar-refractivity contribution < 1.29 is 32.6 Å². The van der Waals surface area contributed by atoms with Crippen LogP contribution in [0.1, 0.15) is 48.4 Å². The summed E-state index contributed by atoms with van der Waals surface area (Å²) in [6.45, 7) is 7.28. The highest BCUT2D eigenvalue weighted by Gasteiger charge is 2.36. The van der Waals surface area contributed by atoms with Crippen LogP contribution in [0, 0.1) is 18.6 Å². The van der Waals surface area contributed by atoms with Gasteiger partial charge in [-0.1, -0.05) is 12.1 Å². The third-order valence-electron chi connectivity index (χ3n) is 7.20. The fourth-order valence-electron chi connectivity index (χ4n) is 5.08. The largest absolute Gasteiger partial charge is 0.491 e. The monoisotopic (exact) mass is 592 g/mol. The van der Waals surface area contributed by atoms with E-state index < -0.39 is 29.5 Å². The molecule has 1 atom stereocenters. The van der Waals surface area contributed by atoms with E-state index in [1.165, 1.54) is 30.2 Å². The van der Waals surface area contributed by atoms with E-state index in [0.29, 0.717) is 39.7 Å². The summed E-state index contributed by atoms with van der Waals surface area (Å²) in [5.74, 6) is -0.512. The van der Waals surface area contributed by atoms with E-state index >= 15 is 0 Å². The van der Waals surface area contributed by atoms with Gasteiger partial charge in [-0.25, -0.2) is 18.6 Å². The van der Waals surface area contributed by atoms with Crippen molar-refractivity contribution in [2.24, 2.45) is 0 Å². The highest BCUT2D eigenvalue weighted by Crippen LogP contribution is 2.39. The van der Waals surface area contributed by atoms with Crippen LogP contribution in [0.2, 0.25) is 0 Å². The van der Waals surface area contributed by atoms with Gasteiger partial charge in [-0.15, -0.1) is 0 Å². The lowest BCUT2D eigenvalue weighted by molar-refractivity contribution is 0.0262. The van der Waals surface area contributed by atoms with Gasteiger partial charge in [0.2, 0.25) is 0 Å². The minimum atomic E-state index is -0.694. The molecule has 0 aliphatic carbocycles. The predicted octanol–water partition coefficient (Wildman–Crippen LogP) is 6.04. The SMILES string of the molecule is COc1cccc2nc(C(=O)N(CCN(C)C(=O)OC(C)(C)C)C3COc4cc(F)ccc43)c(-c3ccc(F)c(C)c3)n12. The maximum atomic E-state index is 14.6. The Labute approximate surface area is 248 Å². The van der Waals surface area contributed by atoms with Gasteiger partial charge >= 0.3 is 6.09 Å². The summed E-state index contributed by atoms with van der Waals surface area (Å²) < 4.78 is 46.9. The van der Waals surface area contributed by atoms with Crippen molar-refractivity contribution in [2.45, 2.75) is 39.3 Å². The quantitative estimate of drug-likeness (QED) is 0.260. The first-order valence-corrected chi connectivity index (χ1v) is 13.9. The number of halogens is 2. The summed E-state index contributed by atoms with van der Waals surface area (Å²) in [4.78, 5) is 35.0. The maximum absolute atomic E-state index is 14.6. The molecule has 43 heavy (non-hydrogen) atoms. The number of methoxy groups -OCH3 is 1. The highest BCUT2D eigenvalue weighted by molar-refractivity contribution is 6.00. The van der Waals surface area contributed by atoms with Gasteiger partial charge in [-0.3, -0.25) is 9.20 Å². The number of ether oxygens (including phenoxy) is 3. The van der Waals surface area contributed by atoms with Crippen LogP contribution < -0.4 is 9.47 Å². The van der Waals surface area contributed by atoms with E-state index in [1.54, 1.807) is 80.4 Å². The molecule has 2 aromatic carbocycles. The van der Waals surface area contributed by atoms with E-state index in [9.17, 15) is 18.4 Å². The molecule has 0 saturated carbocycles. The standard InChI is InChI=1S/C32H34F2N4O5/c1-19-16-20(10-13-23(19)34)29-28(35-26-8-7-9-27(41-6)38(26)29)30(39)37(15-14-36(5)31(40)43-32(2,3)4)24-18-42-25-17-21(33)11-12-22(24)25/h7-13,16-17,24H,14-15,18H2,1-6H3. The molecule has 0 fully saturated rings. The van der Waals surface area contributed by atoms with Gasteiger partial charge < -0.3 is 24.0 Å². The Hall–Kier alpha value is -4.67. The van der Waals surface area contributed by atoms with Crippen molar-refractivity contribution in [3.05, 3.63) is 83.1 Å². The number of nitrogens with zero attached hydrogens (tertiary/aromatic N) is 4. The van der Waals surface area contributed by atoms with E-state index in [-0.39, 0.29) is 31.2 Å². The minimum absolute atomic E-state index is 0.0857. The van der Waals surface area contributed by atoms with Gasteiger partial charge in [0.05, 0.1) is 18.8 Å². The number of carbonyl (C=O) groups excluding carboxylic acids is 2. The number of hydrogen-bond donors (Lipinski definition) is 0. The molecule has 226 valence electrons. The topological polar surface area (TPSA) is 85.6 Å². The second-order valence-corrected chi connectivity index (χ2v) is 11.4. The lowest BCUT2D eigenvalue weighted by Crippen LogP contribution is -2.43. The Morgan fingerprint density at radius 3 is 2.56 bits per heavy atom. The van der Waals surface area contributed by atoms with Crippen LogP contribution in [-0.4, -0.2) is 70.6 Å². The summed E-state index contributed by atoms with van der Waals surface area (Å²) >= 11 is 0. The van der Waals surface area contributed by atoms with Crippen LogP contribution in [-0.2, 0) is 4.74 Å².